The molecule has 1 fully saturated rings. The predicted octanol–water partition coefficient (Wildman–Crippen LogP) is 0.890. The molecule has 0 unspecified atom stereocenters. The van der Waals surface area contributed by atoms with Crippen LogP contribution in [0.3, 0.4) is 0 Å². The molecule has 1 aliphatic rings. The maximum absolute atomic E-state index is 8.34. The predicted molar refractivity (Wildman–Crippen MR) is 35.7 cm³/mol. The summed E-state index contributed by atoms with van der Waals surface area (Å²) >= 11 is 0. The lowest BCUT2D eigenvalue weighted by molar-refractivity contribution is 0.305. The van der Waals surface area contributed by atoms with E-state index in [1.54, 1.807) is 0 Å². The van der Waals surface area contributed by atoms with Gasteiger partial charge in [0.15, 0.2) is 0 Å². The van der Waals surface area contributed by atoms with Gasteiger partial charge in [-0.2, -0.15) is 0 Å². The lowest BCUT2D eigenvalue weighted by atomic mass is 10.4. The normalized spacial score (nSPS) is 21.0. The molecule has 0 aromatic rings. The number of likely N-dealkylation sites (tertiary alicyclic amines) is 1. The highest BCUT2D eigenvalue weighted by molar-refractivity contribution is 5.79. The van der Waals surface area contributed by atoms with Gasteiger partial charge in [0, 0.05) is 13.1 Å². The summed E-state index contributed by atoms with van der Waals surface area (Å²) in [6, 6.07) is 0. The third kappa shape index (κ3) is 1.34. The highest BCUT2D eigenvalue weighted by Crippen LogP contribution is 2.07. The topological polar surface area (TPSA) is 35.8 Å². The standard InChI is InChI=1S/C6H12N2O/c1-6(7-9)8-4-2-3-5-8/h9H,2-5H2,1H3/b7-6+. The average molecular weight is 128 g/mol. The number of amidine groups is 1. The van der Waals surface area contributed by atoms with Gasteiger partial charge in [-0.15, -0.1) is 0 Å². The molecule has 9 heavy (non-hydrogen) atoms. The van der Waals surface area contributed by atoms with Gasteiger partial charge < -0.3 is 10.1 Å². The molecule has 0 aromatic heterocycles. The molecule has 1 saturated heterocycles. The van der Waals surface area contributed by atoms with E-state index in [0.29, 0.717) is 0 Å². The molecule has 1 heterocycles. The monoisotopic (exact) mass is 128 g/mol. The van der Waals surface area contributed by atoms with Crippen molar-refractivity contribution in [1.82, 2.24) is 4.90 Å². The van der Waals surface area contributed by atoms with E-state index in [-0.39, 0.29) is 0 Å². The highest BCUT2D eigenvalue weighted by Gasteiger charge is 2.11. The fourth-order valence-corrected chi connectivity index (χ4v) is 1.10. The summed E-state index contributed by atoms with van der Waals surface area (Å²) < 4.78 is 0. The Morgan fingerprint density at radius 1 is 1.44 bits per heavy atom. The molecule has 0 saturated carbocycles. The van der Waals surface area contributed by atoms with Crippen LogP contribution in [-0.2, 0) is 0 Å². The van der Waals surface area contributed by atoms with E-state index >= 15 is 0 Å². The first-order valence-electron chi connectivity index (χ1n) is 3.28. The number of oxime groups is 1. The Morgan fingerprint density at radius 3 is 2.44 bits per heavy atom. The first-order chi connectivity index (χ1) is 4.34. The molecule has 1 rings (SSSR count). The molecule has 0 bridgehead atoms. The molecule has 0 atom stereocenters. The van der Waals surface area contributed by atoms with Crippen molar-refractivity contribution < 1.29 is 5.21 Å². The van der Waals surface area contributed by atoms with Crippen LogP contribution in [0.1, 0.15) is 19.8 Å². The molecule has 52 valence electrons. The number of hydrogen-bond acceptors (Lipinski definition) is 2. The first-order valence-corrected chi connectivity index (χ1v) is 3.28. The number of nitrogens with zero attached hydrogens (tertiary/aromatic N) is 2. The molecule has 3 nitrogen and oxygen atoms in total. The van der Waals surface area contributed by atoms with E-state index in [2.05, 4.69) is 10.1 Å². The fourth-order valence-electron chi connectivity index (χ4n) is 1.10. The summed E-state index contributed by atoms with van der Waals surface area (Å²) in [5, 5.41) is 11.5. The summed E-state index contributed by atoms with van der Waals surface area (Å²) in [5.74, 6) is 0.743. The van der Waals surface area contributed by atoms with E-state index in [4.69, 9.17) is 5.21 Å². The van der Waals surface area contributed by atoms with Gasteiger partial charge in [-0.3, -0.25) is 0 Å². The van der Waals surface area contributed by atoms with Crippen LogP contribution >= 0.6 is 0 Å². The zero-order valence-electron chi connectivity index (χ0n) is 5.67. The van der Waals surface area contributed by atoms with E-state index in [0.717, 1.165) is 18.9 Å². The summed E-state index contributed by atoms with van der Waals surface area (Å²) in [4.78, 5) is 2.08. The maximum Gasteiger partial charge on any atom is 0.141 e. The summed E-state index contributed by atoms with van der Waals surface area (Å²) in [5.41, 5.74) is 0. The molecular weight excluding hydrogens is 116 g/mol. The Kier molecular flexibility index (Phi) is 1.92. The van der Waals surface area contributed by atoms with Crippen LogP contribution in [0.25, 0.3) is 0 Å². The summed E-state index contributed by atoms with van der Waals surface area (Å²) in [7, 11) is 0. The number of hydrogen-bond donors (Lipinski definition) is 1. The zero-order chi connectivity index (χ0) is 6.69. The molecule has 0 aliphatic carbocycles. The van der Waals surface area contributed by atoms with E-state index < -0.39 is 0 Å². The molecule has 0 aromatic carbocycles. The second-order valence-corrected chi connectivity index (χ2v) is 2.34. The Bertz CT molecular complexity index is 116. The zero-order valence-corrected chi connectivity index (χ0v) is 5.67. The molecule has 3 heteroatoms. The minimum Gasteiger partial charge on any atom is -0.409 e. The minimum absolute atomic E-state index is 0.743. The molecule has 0 radical (unpaired) electrons. The second-order valence-electron chi connectivity index (χ2n) is 2.34. The SMILES string of the molecule is C/C(=N\O)N1CCCC1. The third-order valence-corrected chi connectivity index (χ3v) is 1.71. The molecule has 0 amide bonds. The first kappa shape index (κ1) is 6.39. The van der Waals surface area contributed by atoms with Crippen molar-refractivity contribution in [2.24, 2.45) is 5.16 Å². The summed E-state index contributed by atoms with van der Waals surface area (Å²) in [6.07, 6.45) is 2.46. The van der Waals surface area contributed by atoms with Crippen LogP contribution in [0.5, 0.6) is 0 Å². The van der Waals surface area contributed by atoms with Crippen molar-refractivity contribution in [3.8, 4) is 0 Å². The van der Waals surface area contributed by atoms with Crippen LogP contribution in [0.15, 0.2) is 5.16 Å². The third-order valence-electron chi connectivity index (χ3n) is 1.71. The highest BCUT2D eigenvalue weighted by atomic mass is 16.4. The van der Waals surface area contributed by atoms with Gasteiger partial charge in [0.2, 0.25) is 0 Å². The van der Waals surface area contributed by atoms with Gasteiger partial charge in [0.25, 0.3) is 0 Å². The van der Waals surface area contributed by atoms with Crippen molar-refractivity contribution >= 4 is 5.84 Å². The fraction of sp³-hybridized carbons (Fsp3) is 0.833. The van der Waals surface area contributed by atoms with Crippen molar-refractivity contribution in [3.63, 3.8) is 0 Å². The van der Waals surface area contributed by atoms with Gasteiger partial charge >= 0.3 is 0 Å². The Balaban J connectivity index is 2.42. The van der Waals surface area contributed by atoms with Gasteiger partial charge in [0.05, 0.1) is 0 Å². The van der Waals surface area contributed by atoms with Crippen molar-refractivity contribution in [2.75, 3.05) is 13.1 Å². The molecule has 0 spiro atoms. The Labute approximate surface area is 55.0 Å². The molecule has 1 aliphatic heterocycles. The van der Waals surface area contributed by atoms with Gasteiger partial charge in [-0.1, -0.05) is 5.16 Å². The minimum atomic E-state index is 0.743. The Hall–Kier alpha value is -0.730. The van der Waals surface area contributed by atoms with Crippen LogP contribution < -0.4 is 0 Å². The smallest absolute Gasteiger partial charge is 0.141 e. The van der Waals surface area contributed by atoms with E-state index in [9.17, 15) is 0 Å². The second kappa shape index (κ2) is 2.71. The van der Waals surface area contributed by atoms with E-state index in [1.807, 2.05) is 6.92 Å². The van der Waals surface area contributed by atoms with Crippen LogP contribution in [0.2, 0.25) is 0 Å². The van der Waals surface area contributed by atoms with Gasteiger partial charge in [-0.25, -0.2) is 0 Å². The lowest BCUT2D eigenvalue weighted by Crippen LogP contribution is -2.24. The number of rotatable bonds is 0. The van der Waals surface area contributed by atoms with Gasteiger partial charge in [0.1, 0.15) is 5.84 Å². The lowest BCUT2D eigenvalue weighted by Gasteiger charge is -2.13. The molecular formula is C6H12N2O. The van der Waals surface area contributed by atoms with Crippen molar-refractivity contribution in [2.45, 2.75) is 19.8 Å². The van der Waals surface area contributed by atoms with Crippen molar-refractivity contribution in [1.29, 1.82) is 0 Å². The van der Waals surface area contributed by atoms with Crippen LogP contribution in [0.4, 0.5) is 0 Å². The largest absolute Gasteiger partial charge is 0.409 e. The quantitative estimate of drug-likeness (QED) is 0.227. The summed E-state index contributed by atoms with van der Waals surface area (Å²) in [6.45, 7) is 3.93. The molecule has 1 N–H and O–H groups in total. The maximum atomic E-state index is 8.34. The van der Waals surface area contributed by atoms with Crippen LogP contribution in [-0.4, -0.2) is 29.0 Å². The average Bonchev–Trinajstić information content (AvgIpc) is 2.37. The van der Waals surface area contributed by atoms with Crippen molar-refractivity contribution in [3.05, 3.63) is 0 Å². The Morgan fingerprint density at radius 2 is 2.00 bits per heavy atom. The van der Waals surface area contributed by atoms with E-state index in [1.165, 1.54) is 12.8 Å². The van der Waals surface area contributed by atoms with Gasteiger partial charge in [-0.05, 0) is 19.8 Å². The van der Waals surface area contributed by atoms with Crippen LogP contribution in [0, 0.1) is 0 Å².